The van der Waals surface area contributed by atoms with Gasteiger partial charge >= 0.3 is 0 Å². The van der Waals surface area contributed by atoms with Crippen molar-refractivity contribution in [2.24, 2.45) is 0 Å². The Morgan fingerprint density at radius 2 is 1.61 bits per heavy atom. The molecular weight excluding hydrogens is 337 g/mol. The van der Waals surface area contributed by atoms with Crippen LogP contribution in [0.2, 0.25) is 0 Å². The Morgan fingerprint density at radius 3 is 2.26 bits per heavy atom. The van der Waals surface area contributed by atoms with Gasteiger partial charge in [0.25, 0.3) is 5.56 Å². The number of fused-ring (bicyclic) bond motifs is 1. The molecule has 0 saturated heterocycles. The van der Waals surface area contributed by atoms with Crippen molar-refractivity contribution in [3.8, 4) is 11.4 Å². The van der Waals surface area contributed by atoms with E-state index in [1.165, 1.54) is 4.57 Å². The number of aromatic nitrogens is 1. The molecule has 1 N–H and O–H groups in total. The molecule has 0 saturated carbocycles. The number of alkyl halides is 2. The zero-order valence-electron chi connectivity index (χ0n) is 11.7. The number of ketones is 1. The molecule has 0 amide bonds. The summed E-state index contributed by atoms with van der Waals surface area (Å²) < 4.78 is 1.36. The number of halogens is 2. The van der Waals surface area contributed by atoms with Crippen molar-refractivity contribution in [3.05, 3.63) is 70.5 Å². The molecule has 0 aliphatic rings. The van der Waals surface area contributed by atoms with E-state index in [0.29, 0.717) is 16.6 Å². The summed E-state index contributed by atoms with van der Waals surface area (Å²) >= 11 is 11.2. The van der Waals surface area contributed by atoms with E-state index in [4.69, 9.17) is 23.2 Å². The number of hydrogen-bond acceptors (Lipinski definition) is 3. The molecule has 0 aliphatic carbocycles. The summed E-state index contributed by atoms with van der Waals surface area (Å²) in [5.41, 5.74) is -0.0202. The number of para-hydroxylation sites is 2. The second kappa shape index (κ2) is 6.07. The number of pyridine rings is 1. The molecule has 0 spiro atoms. The fourth-order valence-electron chi connectivity index (χ4n) is 2.49. The second-order valence-electron chi connectivity index (χ2n) is 4.88. The van der Waals surface area contributed by atoms with E-state index in [0.717, 1.165) is 0 Å². The summed E-state index contributed by atoms with van der Waals surface area (Å²) in [4.78, 5) is 23.6. The van der Waals surface area contributed by atoms with Crippen LogP contribution in [-0.4, -0.2) is 20.3 Å². The van der Waals surface area contributed by atoms with E-state index in [1.807, 2.05) is 6.07 Å². The minimum absolute atomic E-state index is 0.369. The third kappa shape index (κ3) is 2.60. The number of hydrogen-bond donors (Lipinski definition) is 1. The second-order valence-corrected chi connectivity index (χ2v) is 5.98. The Hall–Kier alpha value is -2.30. The number of rotatable bonds is 3. The average molecular weight is 348 g/mol. The van der Waals surface area contributed by atoms with Gasteiger partial charge in [0.2, 0.25) is 5.78 Å². The molecule has 0 fully saturated rings. The van der Waals surface area contributed by atoms with Crippen LogP contribution in [0.3, 0.4) is 0 Å². The highest BCUT2D eigenvalue weighted by atomic mass is 35.5. The van der Waals surface area contributed by atoms with Crippen LogP contribution in [0, 0.1) is 0 Å². The maximum absolute atomic E-state index is 12.8. The molecule has 0 aliphatic heterocycles. The molecule has 0 unspecified atom stereocenters. The molecule has 0 radical (unpaired) electrons. The first-order valence-electron chi connectivity index (χ1n) is 6.77. The van der Waals surface area contributed by atoms with Crippen molar-refractivity contribution >= 4 is 39.9 Å². The number of benzene rings is 2. The van der Waals surface area contributed by atoms with Crippen LogP contribution in [0.1, 0.15) is 10.4 Å². The number of carbonyl (C=O) groups excluding carboxylic acids is 1. The Morgan fingerprint density at radius 1 is 1.00 bits per heavy atom. The normalized spacial score (nSPS) is 11.1. The standard InChI is InChI=1S/C17H11Cl2NO3/c18-16(19)15(22)13-14(21)11-8-4-5-9-12(11)20(17(13)23)10-6-2-1-3-7-10/h1-9,16,21H. The predicted molar refractivity (Wildman–Crippen MR) is 91.0 cm³/mol. The molecule has 3 rings (SSSR count). The van der Waals surface area contributed by atoms with Gasteiger partial charge in [-0.05, 0) is 24.3 Å². The lowest BCUT2D eigenvalue weighted by atomic mass is 10.1. The number of Topliss-reactive ketones (excluding diaryl/α,β-unsaturated/α-hetero) is 1. The van der Waals surface area contributed by atoms with Gasteiger partial charge in [-0.3, -0.25) is 14.2 Å². The highest BCUT2D eigenvalue weighted by molar-refractivity contribution is 6.55. The summed E-state index contributed by atoms with van der Waals surface area (Å²) in [5, 5.41) is 10.7. The first-order chi connectivity index (χ1) is 11.0. The van der Waals surface area contributed by atoms with E-state index >= 15 is 0 Å². The summed E-state index contributed by atoms with van der Waals surface area (Å²) in [6.07, 6.45) is 0. The van der Waals surface area contributed by atoms with Gasteiger partial charge in [-0.1, -0.05) is 53.5 Å². The SMILES string of the molecule is O=C(c1c(O)c2ccccc2n(-c2ccccc2)c1=O)C(Cl)Cl. The minimum atomic E-state index is -1.43. The van der Waals surface area contributed by atoms with Gasteiger partial charge in [-0.2, -0.15) is 0 Å². The van der Waals surface area contributed by atoms with Crippen LogP contribution >= 0.6 is 23.2 Å². The molecule has 1 heterocycles. The summed E-state index contributed by atoms with van der Waals surface area (Å²) in [5.74, 6) is -1.24. The Kier molecular flexibility index (Phi) is 4.11. The van der Waals surface area contributed by atoms with E-state index in [2.05, 4.69) is 0 Å². The largest absolute Gasteiger partial charge is 0.506 e. The highest BCUT2D eigenvalue weighted by Crippen LogP contribution is 2.29. The van der Waals surface area contributed by atoms with Crippen molar-refractivity contribution in [2.45, 2.75) is 4.84 Å². The Labute approximate surface area is 141 Å². The smallest absolute Gasteiger partial charge is 0.270 e. The van der Waals surface area contributed by atoms with Crippen molar-refractivity contribution in [3.63, 3.8) is 0 Å². The fraction of sp³-hybridized carbons (Fsp3) is 0.0588. The van der Waals surface area contributed by atoms with E-state index in [-0.39, 0.29) is 0 Å². The molecule has 0 bridgehead atoms. The van der Waals surface area contributed by atoms with Gasteiger partial charge in [0.1, 0.15) is 11.3 Å². The van der Waals surface area contributed by atoms with Crippen molar-refractivity contribution < 1.29 is 9.90 Å². The maximum atomic E-state index is 12.8. The molecule has 116 valence electrons. The van der Waals surface area contributed by atoms with Crippen LogP contribution in [-0.2, 0) is 0 Å². The number of carbonyl (C=O) groups is 1. The topological polar surface area (TPSA) is 59.3 Å². The zero-order chi connectivity index (χ0) is 16.6. The number of aromatic hydroxyl groups is 1. The molecule has 2 aromatic carbocycles. The third-order valence-corrected chi connectivity index (χ3v) is 3.91. The maximum Gasteiger partial charge on any atom is 0.270 e. The van der Waals surface area contributed by atoms with Gasteiger partial charge in [0.05, 0.1) is 5.52 Å². The fourth-order valence-corrected chi connectivity index (χ4v) is 2.71. The van der Waals surface area contributed by atoms with E-state index < -0.39 is 27.5 Å². The summed E-state index contributed by atoms with van der Waals surface area (Å²) in [6, 6.07) is 15.6. The molecule has 3 aromatic rings. The van der Waals surface area contributed by atoms with Gasteiger partial charge in [0, 0.05) is 11.1 Å². The van der Waals surface area contributed by atoms with E-state index in [9.17, 15) is 14.7 Å². The van der Waals surface area contributed by atoms with Crippen LogP contribution < -0.4 is 5.56 Å². The van der Waals surface area contributed by atoms with Crippen molar-refractivity contribution in [1.29, 1.82) is 0 Å². The lowest BCUT2D eigenvalue weighted by Gasteiger charge is -2.14. The van der Waals surface area contributed by atoms with Gasteiger partial charge in [-0.15, -0.1) is 0 Å². The summed E-state index contributed by atoms with van der Waals surface area (Å²) in [6.45, 7) is 0. The van der Waals surface area contributed by atoms with Gasteiger partial charge in [0.15, 0.2) is 4.84 Å². The molecule has 6 heteroatoms. The molecule has 23 heavy (non-hydrogen) atoms. The molecule has 1 aromatic heterocycles. The van der Waals surface area contributed by atoms with Crippen LogP contribution in [0.4, 0.5) is 0 Å². The Bertz CT molecular complexity index is 949. The van der Waals surface area contributed by atoms with Crippen molar-refractivity contribution in [2.75, 3.05) is 0 Å². The first kappa shape index (κ1) is 15.6. The van der Waals surface area contributed by atoms with E-state index in [1.54, 1.807) is 48.5 Å². The third-order valence-electron chi connectivity index (χ3n) is 3.51. The lowest BCUT2D eigenvalue weighted by Crippen LogP contribution is -2.28. The summed E-state index contributed by atoms with van der Waals surface area (Å²) in [7, 11) is 0. The van der Waals surface area contributed by atoms with Crippen LogP contribution in [0.5, 0.6) is 5.75 Å². The predicted octanol–water partition coefficient (Wildman–Crippen LogP) is 3.68. The zero-order valence-corrected chi connectivity index (χ0v) is 13.3. The molecule has 4 nitrogen and oxygen atoms in total. The Balaban J connectivity index is 2.49. The first-order valence-corrected chi connectivity index (χ1v) is 7.64. The monoisotopic (exact) mass is 347 g/mol. The highest BCUT2D eigenvalue weighted by Gasteiger charge is 2.26. The van der Waals surface area contributed by atoms with Crippen molar-refractivity contribution in [1.82, 2.24) is 4.57 Å². The van der Waals surface area contributed by atoms with Crippen LogP contribution in [0.15, 0.2) is 59.4 Å². The van der Waals surface area contributed by atoms with Crippen LogP contribution in [0.25, 0.3) is 16.6 Å². The molecule has 0 atom stereocenters. The van der Waals surface area contributed by atoms with Gasteiger partial charge < -0.3 is 5.11 Å². The molecular formula is C17H11Cl2NO3. The van der Waals surface area contributed by atoms with Gasteiger partial charge in [-0.25, -0.2) is 0 Å². The lowest BCUT2D eigenvalue weighted by molar-refractivity contribution is 0.100. The quantitative estimate of drug-likeness (QED) is 0.580. The minimum Gasteiger partial charge on any atom is -0.506 e. The number of nitrogens with zero attached hydrogens (tertiary/aromatic N) is 1. The average Bonchev–Trinajstić information content (AvgIpc) is 2.56.